The Balaban J connectivity index is 1.63. The third-order valence-corrected chi connectivity index (χ3v) is 6.32. The Morgan fingerprint density at radius 1 is 1.21 bits per heavy atom. The fourth-order valence-corrected chi connectivity index (χ4v) is 3.67. The van der Waals surface area contributed by atoms with Crippen molar-refractivity contribution in [3.63, 3.8) is 0 Å². The first-order valence-electron chi connectivity index (χ1n) is 9.88. The quantitative estimate of drug-likeness (QED) is 0.784. The van der Waals surface area contributed by atoms with Gasteiger partial charge in [0.25, 0.3) is 0 Å². The maximum Gasteiger partial charge on any atom is 0.494 e. The van der Waals surface area contributed by atoms with Gasteiger partial charge in [-0.25, -0.2) is 0 Å². The van der Waals surface area contributed by atoms with Crippen LogP contribution in [0, 0.1) is 23.2 Å². The molecule has 1 aliphatic carbocycles. The molecule has 1 saturated heterocycles. The zero-order valence-electron chi connectivity index (χ0n) is 17.0. The zero-order valence-corrected chi connectivity index (χ0v) is 17.0. The van der Waals surface area contributed by atoms with Crippen molar-refractivity contribution in [3.8, 4) is 11.8 Å². The molecule has 0 radical (unpaired) electrons. The number of aliphatic carboxylic acids is 1. The molecule has 0 aromatic heterocycles. The lowest BCUT2D eigenvalue weighted by Crippen LogP contribution is -2.41. The maximum absolute atomic E-state index is 11.1. The second-order valence-corrected chi connectivity index (χ2v) is 8.82. The standard InChI is InChI=1S/C21H28BNO5/c1-20(2)21(3,4)28-22(27-20)17-9-10-18(16(11-17)12-23)26-13-14-5-7-15(8-6-14)19(24)25/h9-11,14-15H,5-8,13H2,1-4H3,(H,24,25). The summed E-state index contributed by atoms with van der Waals surface area (Å²) in [5.41, 5.74) is 0.374. The summed E-state index contributed by atoms with van der Waals surface area (Å²) in [6, 6.07) is 7.63. The minimum atomic E-state index is -0.704. The first kappa shape index (κ1) is 20.7. The van der Waals surface area contributed by atoms with Gasteiger partial charge in [-0.2, -0.15) is 5.26 Å². The molecular formula is C21H28BNO5. The third-order valence-electron chi connectivity index (χ3n) is 6.32. The predicted octanol–water partition coefficient (Wildman–Crippen LogP) is 3.13. The smallest absolute Gasteiger partial charge is 0.492 e. The van der Waals surface area contributed by atoms with E-state index < -0.39 is 24.3 Å². The lowest BCUT2D eigenvalue weighted by Gasteiger charge is -2.32. The van der Waals surface area contributed by atoms with E-state index in [0.29, 0.717) is 36.7 Å². The van der Waals surface area contributed by atoms with Gasteiger partial charge in [-0.05, 0) is 76.9 Å². The SMILES string of the molecule is CC1(C)OB(c2ccc(OCC3CCC(C(=O)O)CC3)c(C#N)c2)OC1(C)C. The Morgan fingerprint density at radius 2 is 1.82 bits per heavy atom. The Hall–Kier alpha value is -2.04. The van der Waals surface area contributed by atoms with Crippen LogP contribution in [0.4, 0.5) is 0 Å². The van der Waals surface area contributed by atoms with Crippen LogP contribution in [0.5, 0.6) is 5.75 Å². The van der Waals surface area contributed by atoms with Crippen LogP contribution < -0.4 is 10.2 Å². The monoisotopic (exact) mass is 385 g/mol. The lowest BCUT2D eigenvalue weighted by atomic mass is 9.78. The van der Waals surface area contributed by atoms with Crippen molar-refractivity contribution in [2.45, 2.75) is 64.6 Å². The molecule has 1 aromatic rings. The molecule has 2 aliphatic rings. The topological polar surface area (TPSA) is 88.8 Å². The van der Waals surface area contributed by atoms with E-state index in [1.54, 1.807) is 12.1 Å². The molecule has 3 rings (SSSR count). The van der Waals surface area contributed by atoms with Crippen molar-refractivity contribution < 1.29 is 23.9 Å². The van der Waals surface area contributed by atoms with Crippen LogP contribution in [0.3, 0.4) is 0 Å². The van der Waals surface area contributed by atoms with Gasteiger partial charge >= 0.3 is 13.1 Å². The minimum absolute atomic E-state index is 0.231. The number of hydrogen-bond donors (Lipinski definition) is 1. The highest BCUT2D eigenvalue weighted by Crippen LogP contribution is 2.37. The van der Waals surface area contributed by atoms with E-state index in [-0.39, 0.29) is 5.92 Å². The summed E-state index contributed by atoms with van der Waals surface area (Å²) in [4.78, 5) is 11.1. The van der Waals surface area contributed by atoms with Gasteiger partial charge in [0.05, 0.1) is 29.3 Å². The summed E-state index contributed by atoms with van der Waals surface area (Å²) >= 11 is 0. The molecule has 0 spiro atoms. The van der Waals surface area contributed by atoms with Gasteiger partial charge in [0.2, 0.25) is 0 Å². The van der Waals surface area contributed by atoms with Crippen molar-refractivity contribution in [1.29, 1.82) is 5.26 Å². The van der Waals surface area contributed by atoms with Gasteiger partial charge in [0.1, 0.15) is 11.8 Å². The van der Waals surface area contributed by atoms with Crippen LogP contribution in [-0.4, -0.2) is 36.0 Å². The van der Waals surface area contributed by atoms with E-state index in [4.69, 9.17) is 19.2 Å². The number of nitriles is 1. The number of benzene rings is 1. The van der Waals surface area contributed by atoms with E-state index in [0.717, 1.165) is 18.3 Å². The Kier molecular flexibility index (Phi) is 5.74. The normalized spacial score (nSPS) is 25.9. The predicted molar refractivity (Wildman–Crippen MR) is 105 cm³/mol. The number of ether oxygens (including phenoxy) is 1. The fourth-order valence-electron chi connectivity index (χ4n) is 3.67. The molecule has 1 N–H and O–H groups in total. The molecule has 1 aromatic carbocycles. The second-order valence-electron chi connectivity index (χ2n) is 8.82. The molecule has 0 atom stereocenters. The molecule has 150 valence electrons. The van der Waals surface area contributed by atoms with E-state index in [1.807, 2.05) is 33.8 Å². The summed E-state index contributed by atoms with van der Waals surface area (Å²) < 4.78 is 18.0. The van der Waals surface area contributed by atoms with Gasteiger partial charge in [-0.1, -0.05) is 6.07 Å². The van der Waals surface area contributed by atoms with Crippen LogP contribution in [-0.2, 0) is 14.1 Å². The maximum atomic E-state index is 11.1. The van der Waals surface area contributed by atoms with E-state index >= 15 is 0 Å². The van der Waals surface area contributed by atoms with Crippen LogP contribution in [0.15, 0.2) is 18.2 Å². The first-order chi connectivity index (χ1) is 13.1. The molecule has 28 heavy (non-hydrogen) atoms. The van der Waals surface area contributed by atoms with E-state index in [2.05, 4.69) is 6.07 Å². The molecule has 1 saturated carbocycles. The van der Waals surface area contributed by atoms with Crippen molar-refractivity contribution in [2.24, 2.45) is 11.8 Å². The summed E-state index contributed by atoms with van der Waals surface area (Å²) in [6.07, 6.45) is 3.06. The molecule has 0 amide bonds. The minimum Gasteiger partial charge on any atom is -0.492 e. The molecule has 0 bridgehead atoms. The number of carbonyl (C=O) groups is 1. The van der Waals surface area contributed by atoms with E-state index in [1.165, 1.54) is 0 Å². The molecule has 6 nitrogen and oxygen atoms in total. The molecule has 2 fully saturated rings. The van der Waals surface area contributed by atoms with Crippen LogP contribution in [0.25, 0.3) is 0 Å². The number of hydrogen-bond acceptors (Lipinski definition) is 5. The molecule has 1 heterocycles. The van der Waals surface area contributed by atoms with Gasteiger partial charge < -0.3 is 19.2 Å². The molecular weight excluding hydrogens is 357 g/mol. The summed E-state index contributed by atoms with van der Waals surface area (Å²) in [6.45, 7) is 8.48. The summed E-state index contributed by atoms with van der Waals surface area (Å²) in [5, 5.41) is 18.6. The number of nitrogens with zero attached hydrogens (tertiary/aromatic N) is 1. The summed E-state index contributed by atoms with van der Waals surface area (Å²) in [7, 11) is -0.516. The van der Waals surface area contributed by atoms with Crippen molar-refractivity contribution in [1.82, 2.24) is 0 Å². The highest BCUT2D eigenvalue weighted by Gasteiger charge is 2.51. The average Bonchev–Trinajstić information content (AvgIpc) is 2.87. The van der Waals surface area contributed by atoms with Gasteiger partial charge in [0, 0.05) is 0 Å². The largest absolute Gasteiger partial charge is 0.494 e. The van der Waals surface area contributed by atoms with Crippen LogP contribution in [0.2, 0.25) is 0 Å². The first-order valence-corrected chi connectivity index (χ1v) is 9.88. The Morgan fingerprint density at radius 3 is 2.36 bits per heavy atom. The van der Waals surface area contributed by atoms with Crippen LogP contribution >= 0.6 is 0 Å². The van der Waals surface area contributed by atoms with E-state index in [9.17, 15) is 10.1 Å². The highest BCUT2D eigenvalue weighted by atomic mass is 16.7. The average molecular weight is 385 g/mol. The number of rotatable bonds is 5. The lowest BCUT2D eigenvalue weighted by molar-refractivity contribution is -0.143. The fraction of sp³-hybridized carbons (Fsp3) is 0.619. The summed E-state index contributed by atoms with van der Waals surface area (Å²) in [5.74, 6) is -0.0670. The molecule has 7 heteroatoms. The van der Waals surface area contributed by atoms with Crippen LogP contribution in [0.1, 0.15) is 58.9 Å². The molecule has 1 aliphatic heterocycles. The second kappa shape index (κ2) is 7.77. The van der Waals surface area contributed by atoms with Crippen molar-refractivity contribution in [3.05, 3.63) is 23.8 Å². The van der Waals surface area contributed by atoms with Gasteiger partial charge in [-0.15, -0.1) is 0 Å². The number of carboxylic acid groups (broad SMARTS) is 1. The Labute approximate surface area is 166 Å². The van der Waals surface area contributed by atoms with Crippen molar-refractivity contribution >= 4 is 18.6 Å². The zero-order chi connectivity index (χ0) is 20.5. The molecule has 0 unspecified atom stereocenters. The number of carboxylic acids is 1. The third kappa shape index (κ3) is 4.18. The highest BCUT2D eigenvalue weighted by molar-refractivity contribution is 6.62. The van der Waals surface area contributed by atoms with Gasteiger partial charge in [-0.3, -0.25) is 4.79 Å². The van der Waals surface area contributed by atoms with Gasteiger partial charge in [0.15, 0.2) is 0 Å². The Bertz CT molecular complexity index is 761. The van der Waals surface area contributed by atoms with Crippen molar-refractivity contribution in [2.75, 3.05) is 6.61 Å².